The van der Waals surface area contributed by atoms with Gasteiger partial charge in [0, 0.05) is 38.7 Å². The van der Waals surface area contributed by atoms with E-state index >= 15 is 0 Å². The third-order valence-corrected chi connectivity index (χ3v) is 4.97. The Labute approximate surface area is 157 Å². The molecule has 2 aromatic carbocycles. The fourth-order valence-corrected chi connectivity index (χ4v) is 3.51. The van der Waals surface area contributed by atoms with E-state index in [2.05, 4.69) is 0 Å². The number of nitrogens with zero attached hydrogens (tertiary/aromatic N) is 3. The number of hydrogen-bond acceptors (Lipinski definition) is 4. The lowest BCUT2D eigenvalue weighted by atomic mass is 9.94. The molecule has 7 heteroatoms. The number of amides is 1. The average Bonchev–Trinajstić information content (AvgIpc) is 2.69. The summed E-state index contributed by atoms with van der Waals surface area (Å²) in [5, 5.41) is 11.2. The number of carbonyl (C=O) groups is 1. The third kappa shape index (κ3) is 4.42. The number of rotatable bonds is 5. The van der Waals surface area contributed by atoms with Crippen LogP contribution in [0.25, 0.3) is 0 Å². The molecule has 1 saturated heterocycles. The number of anilines is 1. The van der Waals surface area contributed by atoms with Gasteiger partial charge in [-0.05, 0) is 36.6 Å². The molecule has 1 aliphatic rings. The second kappa shape index (κ2) is 8.16. The monoisotopic (exact) mass is 371 g/mol. The van der Waals surface area contributed by atoms with E-state index in [4.69, 9.17) is 0 Å². The first-order valence-corrected chi connectivity index (χ1v) is 8.93. The van der Waals surface area contributed by atoms with Gasteiger partial charge in [-0.2, -0.15) is 0 Å². The normalized spacial score (nSPS) is 14.8. The zero-order valence-electron chi connectivity index (χ0n) is 15.2. The predicted molar refractivity (Wildman–Crippen MR) is 101 cm³/mol. The van der Waals surface area contributed by atoms with Gasteiger partial charge in [0.05, 0.1) is 4.92 Å². The molecular weight excluding hydrogens is 349 g/mol. The van der Waals surface area contributed by atoms with E-state index in [0.29, 0.717) is 38.2 Å². The van der Waals surface area contributed by atoms with Crippen molar-refractivity contribution in [3.63, 3.8) is 0 Å². The second-order valence-corrected chi connectivity index (χ2v) is 6.83. The summed E-state index contributed by atoms with van der Waals surface area (Å²) in [6.07, 6.45) is 1.30. The van der Waals surface area contributed by atoms with E-state index in [9.17, 15) is 19.3 Å². The fourth-order valence-electron chi connectivity index (χ4n) is 3.51. The molecule has 1 heterocycles. The van der Waals surface area contributed by atoms with Crippen LogP contribution < -0.4 is 4.90 Å². The fraction of sp³-hybridized carbons (Fsp3) is 0.350. The van der Waals surface area contributed by atoms with Gasteiger partial charge in [-0.15, -0.1) is 0 Å². The van der Waals surface area contributed by atoms with Crippen LogP contribution in [0.4, 0.5) is 15.8 Å². The molecule has 1 fully saturated rings. The van der Waals surface area contributed by atoms with Crippen LogP contribution >= 0.6 is 0 Å². The molecule has 1 aliphatic heterocycles. The zero-order chi connectivity index (χ0) is 19.4. The van der Waals surface area contributed by atoms with Gasteiger partial charge in [-0.25, -0.2) is 4.39 Å². The lowest BCUT2D eigenvalue weighted by Gasteiger charge is -2.34. The first kappa shape index (κ1) is 18.8. The lowest BCUT2D eigenvalue weighted by Crippen LogP contribution is -2.41. The largest absolute Gasteiger partial charge is 0.366 e. The Morgan fingerprint density at radius 3 is 2.44 bits per heavy atom. The molecule has 27 heavy (non-hydrogen) atoms. The minimum absolute atomic E-state index is 0.0570. The number of nitro benzene ring substituents is 1. The van der Waals surface area contributed by atoms with E-state index in [1.807, 2.05) is 4.90 Å². The van der Waals surface area contributed by atoms with Crippen molar-refractivity contribution in [1.82, 2.24) is 4.90 Å². The SMILES string of the molecule is CN(Cc1ccc(F)cc1)C(=O)C1CCN(c2ccccc2[N+](=O)[O-])CC1. The Morgan fingerprint density at radius 2 is 1.81 bits per heavy atom. The summed E-state index contributed by atoms with van der Waals surface area (Å²) in [4.78, 5) is 27.2. The van der Waals surface area contributed by atoms with E-state index < -0.39 is 0 Å². The highest BCUT2D eigenvalue weighted by molar-refractivity contribution is 5.79. The quantitative estimate of drug-likeness (QED) is 0.595. The number of carbonyl (C=O) groups excluding carboxylic acids is 1. The highest BCUT2D eigenvalue weighted by Crippen LogP contribution is 2.31. The van der Waals surface area contributed by atoms with Gasteiger partial charge in [0.2, 0.25) is 5.91 Å². The maximum Gasteiger partial charge on any atom is 0.292 e. The Hall–Kier alpha value is -2.96. The number of halogens is 1. The summed E-state index contributed by atoms with van der Waals surface area (Å²) >= 11 is 0. The van der Waals surface area contributed by atoms with Crippen LogP contribution in [0.5, 0.6) is 0 Å². The molecule has 0 saturated carbocycles. The first-order valence-electron chi connectivity index (χ1n) is 8.93. The molecule has 142 valence electrons. The molecule has 3 rings (SSSR count). The van der Waals surface area contributed by atoms with Crippen molar-refractivity contribution in [2.45, 2.75) is 19.4 Å². The molecule has 0 bridgehead atoms. The van der Waals surface area contributed by atoms with Crippen LogP contribution in [-0.4, -0.2) is 35.9 Å². The highest BCUT2D eigenvalue weighted by atomic mass is 19.1. The zero-order valence-corrected chi connectivity index (χ0v) is 15.2. The number of benzene rings is 2. The Kier molecular flexibility index (Phi) is 5.69. The molecule has 0 unspecified atom stereocenters. The molecule has 0 aromatic heterocycles. The summed E-state index contributed by atoms with van der Waals surface area (Å²) in [6, 6.07) is 12.8. The van der Waals surface area contributed by atoms with Gasteiger partial charge in [0.15, 0.2) is 0 Å². The van der Waals surface area contributed by atoms with E-state index in [0.717, 1.165) is 5.56 Å². The standard InChI is InChI=1S/C20H22FN3O3/c1-22(14-15-6-8-17(21)9-7-15)20(25)16-10-12-23(13-11-16)18-4-2-3-5-19(18)24(26)27/h2-9,16H,10-14H2,1H3. The molecule has 2 aromatic rings. The van der Waals surface area contributed by atoms with Gasteiger partial charge in [0.25, 0.3) is 5.69 Å². The minimum atomic E-state index is -0.372. The lowest BCUT2D eigenvalue weighted by molar-refractivity contribution is -0.384. The Morgan fingerprint density at radius 1 is 1.19 bits per heavy atom. The number of nitro groups is 1. The van der Waals surface area contributed by atoms with Crippen molar-refractivity contribution < 1.29 is 14.1 Å². The van der Waals surface area contributed by atoms with Gasteiger partial charge in [-0.1, -0.05) is 24.3 Å². The third-order valence-electron chi connectivity index (χ3n) is 4.97. The van der Waals surface area contributed by atoms with E-state index in [1.54, 1.807) is 42.3 Å². The van der Waals surface area contributed by atoms with Crippen LogP contribution in [0.2, 0.25) is 0 Å². The highest BCUT2D eigenvalue weighted by Gasteiger charge is 2.29. The van der Waals surface area contributed by atoms with Crippen LogP contribution in [-0.2, 0) is 11.3 Å². The molecule has 0 aliphatic carbocycles. The van der Waals surface area contributed by atoms with Gasteiger partial charge in [0.1, 0.15) is 11.5 Å². The molecule has 6 nitrogen and oxygen atoms in total. The summed E-state index contributed by atoms with van der Waals surface area (Å²) in [5.74, 6) is -0.342. The van der Waals surface area contributed by atoms with Crippen LogP contribution in [0.1, 0.15) is 18.4 Å². The van der Waals surface area contributed by atoms with Gasteiger partial charge in [-0.3, -0.25) is 14.9 Å². The molecule has 0 atom stereocenters. The van der Waals surface area contributed by atoms with Crippen molar-refractivity contribution in [3.8, 4) is 0 Å². The Balaban J connectivity index is 1.59. The van der Waals surface area contributed by atoms with E-state index in [-0.39, 0.29) is 28.3 Å². The maximum atomic E-state index is 13.0. The number of hydrogen-bond donors (Lipinski definition) is 0. The summed E-state index contributed by atoms with van der Waals surface area (Å²) in [5.41, 5.74) is 1.58. The maximum absolute atomic E-state index is 13.0. The van der Waals surface area contributed by atoms with Crippen molar-refractivity contribution in [2.75, 3.05) is 25.0 Å². The molecule has 1 amide bonds. The first-order chi connectivity index (χ1) is 13.0. The van der Waals surface area contributed by atoms with Gasteiger partial charge < -0.3 is 9.80 Å². The molecular formula is C20H22FN3O3. The smallest absolute Gasteiger partial charge is 0.292 e. The predicted octanol–water partition coefficient (Wildman–Crippen LogP) is 3.61. The van der Waals surface area contributed by atoms with Crippen molar-refractivity contribution in [2.24, 2.45) is 5.92 Å². The van der Waals surface area contributed by atoms with Crippen LogP contribution in [0.15, 0.2) is 48.5 Å². The van der Waals surface area contributed by atoms with Crippen LogP contribution in [0.3, 0.4) is 0 Å². The molecule has 0 radical (unpaired) electrons. The molecule has 0 N–H and O–H groups in total. The van der Waals surface area contributed by atoms with E-state index in [1.165, 1.54) is 18.2 Å². The Bertz CT molecular complexity index is 817. The number of para-hydroxylation sites is 2. The van der Waals surface area contributed by atoms with Gasteiger partial charge >= 0.3 is 0 Å². The summed E-state index contributed by atoms with van der Waals surface area (Å²) in [7, 11) is 1.75. The van der Waals surface area contributed by atoms with Crippen molar-refractivity contribution >= 4 is 17.3 Å². The van der Waals surface area contributed by atoms with Crippen molar-refractivity contribution in [3.05, 3.63) is 70.0 Å². The topological polar surface area (TPSA) is 66.7 Å². The summed E-state index contributed by atoms with van der Waals surface area (Å²) < 4.78 is 13.0. The molecule has 0 spiro atoms. The minimum Gasteiger partial charge on any atom is -0.366 e. The van der Waals surface area contributed by atoms with Crippen molar-refractivity contribution in [1.29, 1.82) is 0 Å². The van der Waals surface area contributed by atoms with Crippen LogP contribution in [0, 0.1) is 21.8 Å². The average molecular weight is 371 g/mol. The second-order valence-electron chi connectivity index (χ2n) is 6.83. The summed E-state index contributed by atoms with van der Waals surface area (Å²) in [6.45, 7) is 1.64. The number of piperidine rings is 1.